The molecule has 0 fully saturated rings. The lowest BCUT2D eigenvalue weighted by molar-refractivity contribution is 0.0376. The van der Waals surface area contributed by atoms with E-state index in [1.807, 2.05) is 11.8 Å². The molecule has 0 saturated carbocycles. The van der Waals surface area contributed by atoms with E-state index in [2.05, 4.69) is 0 Å². The quantitative estimate of drug-likeness (QED) is 0.803. The SMILES string of the molecule is CCN(CC(=O)c1ccc2c(c1)OCO2)CC(C)(C)O. The van der Waals surface area contributed by atoms with Crippen LogP contribution in [0, 0.1) is 0 Å². The molecule has 1 aromatic rings. The first kappa shape index (κ1) is 14.8. The van der Waals surface area contributed by atoms with Crippen LogP contribution in [0.1, 0.15) is 31.1 Å². The standard InChI is InChI=1S/C15H21NO4/c1-4-16(9-15(2,3)18)8-12(17)11-5-6-13-14(7-11)20-10-19-13/h5-7,18H,4,8-10H2,1-3H3. The molecule has 0 aromatic heterocycles. The van der Waals surface area contributed by atoms with Gasteiger partial charge in [-0.1, -0.05) is 6.92 Å². The van der Waals surface area contributed by atoms with Crippen molar-refractivity contribution in [3.63, 3.8) is 0 Å². The smallest absolute Gasteiger partial charge is 0.231 e. The third kappa shape index (κ3) is 3.71. The lowest BCUT2D eigenvalue weighted by atomic mass is 10.1. The van der Waals surface area contributed by atoms with Crippen LogP contribution in [0.15, 0.2) is 18.2 Å². The first-order valence-electron chi connectivity index (χ1n) is 6.76. The van der Waals surface area contributed by atoms with Gasteiger partial charge in [0.1, 0.15) is 0 Å². The molecule has 0 bridgehead atoms. The van der Waals surface area contributed by atoms with E-state index in [0.29, 0.717) is 30.2 Å². The van der Waals surface area contributed by atoms with Crippen LogP contribution < -0.4 is 9.47 Å². The number of benzene rings is 1. The van der Waals surface area contributed by atoms with E-state index < -0.39 is 5.60 Å². The van der Waals surface area contributed by atoms with Crippen molar-refractivity contribution in [3.8, 4) is 11.5 Å². The van der Waals surface area contributed by atoms with Crippen LogP contribution in [-0.4, -0.2) is 47.8 Å². The van der Waals surface area contributed by atoms with Crippen LogP contribution >= 0.6 is 0 Å². The van der Waals surface area contributed by atoms with Gasteiger partial charge in [-0.25, -0.2) is 0 Å². The van der Waals surface area contributed by atoms with Crippen LogP contribution in [-0.2, 0) is 0 Å². The summed E-state index contributed by atoms with van der Waals surface area (Å²) in [6, 6.07) is 5.21. The molecule has 1 aliphatic heterocycles. The number of ether oxygens (including phenoxy) is 2. The highest BCUT2D eigenvalue weighted by Gasteiger charge is 2.21. The van der Waals surface area contributed by atoms with Gasteiger partial charge in [0.25, 0.3) is 0 Å². The second-order valence-corrected chi connectivity index (χ2v) is 5.61. The maximum atomic E-state index is 12.3. The molecule has 20 heavy (non-hydrogen) atoms. The zero-order chi connectivity index (χ0) is 14.8. The molecule has 0 atom stereocenters. The number of carbonyl (C=O) groups is 1. The average molecular weight is 279 g/mol. The topological polar surface area (TPSA) is 59.0 Å². The van der Waals surface area contributed by atoms with E-state index in [0.717, 1.165) is 0 Å². The van der Waals surface area contributed by atoms with Gasteiger partial charge in [0.2, 0.25) is 6.79 Å². The van der Waals surface area contributed by atoms with E-state index in [1.165, 1.54) is 0 Å². The highest BCUT2D eigenvalue weighted by molar-refractivity contribution is 5.98. The summed E-state index contributed by atoms with van der Waals surface area (Å²) >= 11 is 0. The molecule has 1 N–H and O–H groups in total. The summed E-state index contributed by atoms with van der Waals surface area (Å²) in [4.78, 5) is 14.2. The molecule has 1 aliphatic rings. The fourth-order valence-corrected chi connectivity index (χ4v) is 2.19. The predicted octanol–water partition coefficient (Wildman–Crippen LogP) is 1.69. The number of ketones is 1. The van der Waals surface area contributed by atoms with Crippen molar-refractivity contribution < 1.29 is 19.4 Å². The first-order valence-corrected chi connectivity index (χ1v) is 6.76. The van der Waals surface area contributed by atoms with Crippen molar-refractivity contribution >= 4 is 5.78 Å². The van der Waals surface area contributed by atoms with Crippen LogP contribution in [0.5, 0.6) is 11.5 Å². The number of nitrogens with zero attached hydrogens (tertiary/aromatic N) is 1. The van der Waals surface area contributed by atoms with Gasteiger partial charge in [0.05, 0.1) is 12.1 Å². The molecule has 2 rings (SSSR count). The molecule has 1 heterocycles. The first-order chi connectivity index (χ1) is 9.39. The number of carbonyl (C=O) groups excluding carboxylic acids is 1. The highest BCUT2D eigenvalue weighted by atomic mass is 16.7. The Balaban J connectivity index is 2.03. The molecule has 0 saturated heterocycles. The molecule has 5 nitrogen and oxygen atoms in total. The Hall–Kier alpha value is -1.59. The average Bonchev–Trinajstić information content (AvgIpc) is 2.83. The monoisotopic (exact) mass is 279 g/mol. The second-order valence-electron chi connectivity index (χ2n) is 5.61. The summed E-state index contributed by atoms with van der Waals surface area (Å²) in [6.45, 7) is 7.09. The summed E-state index contributed by atoms with van der Waals surface area (Å²) in [6.07, 6.45) is 0. The Labute approximate surface area is 119 Å². The maximum absolute atomic E-state index is 12.3. The number of rotatable bonds is 6. The van der Waals surface area contributed by atoms with Crippen molar-refractivity contribution in [3.05, 3.63) is 23.8 Å². The molecule has 0 radical (unpaired) electrons. The Kier molecular flexibility index (Phi) is 4.30. The maximum Gasteiger partial charge on any atom is 0.231 e. The van der Waals surface area contributed by atoms with Crippen molar-refractivity contribution in [1.82, 2.24) is 4.90 Å². The van der Waals surface area contributed by atoms with Gasteiger partial charge in [-0.2, -0.15) is 0 Å². The highest BCUT2D eigenvalue weighted by Crippen LogP contribution is 2.32. The Morgan fingerprint density at radius 1 is 1.35 bits per heavy atom. The minimum absolute atomic E-state index is 0.00870. The number of hydrogen-bond acceptors (Lipinski definition) is 5. The van der Waals surface area contributed by atoms with E-state index in [9.17, 15) is 9.90 Å². The van der Waals surface area contributed by atoms with Crippen LogP contribution in [0.3, 0.4) is 0 Å². The fraction of sp³-hybridized carbons (Fsp3) is 0.533. The number of likely N-dealkylation sites (N-methyl/N-ethyl adjacent to an activating group) is 1. The minimum Gasteiger partial charge on any atom is -0.454 e. The van der Waals surface area contributed by atoms with Gasteiger partial charge in [0, 0.05) is 12.1 Å². The molecule has 110 valence electrons. The molecular formula is C15H21NO4. The summed E-state index contributed by atoms with van der Waals surface area (Å²) in [7, 11) is 0. The molecule has 0 amide bonds. The van der Waals surface area contributed by atoms with Crippen LogP contribution in [0.4, 0.5) is 0 Å². The molecule has 0 unspecified atom stereocenters. The van der Waals surface area contributed by atoms with Crippen molar-refractivity contribution in [1.29, 1.82) is 0 Å². The molecule has 0 spiro atoms. The number of fused-ring (bicyclic) bond motifs is 1. The van der Waals surface area contributed by atoms with Crippen molar-refractivity contribution in [2.24, 2.45) is 0 Å². The number of Topliss-reactive ketones (excluding diaryl/α,β-unsaturated/α-hetero) is 1. The van der Waals surface area contributed by atoms with Gasteiger partial charge in [-0.15, -0.1) is 0 Å². The molecule has 1 aromatic carbocycles. The molecular weight excluding hydrogens is 258 g/mol. The van der Waals surface area contributed by atoms with Gasteiger partial charge in [-0.05, 0) is 38.6 Å². The van der Waals surface area contributed by atoms with Gasteiger partial charge < -0.3 is 14.6 Å². The lowest BCUT2D eigenvalue weighted by Crippen LogP contribution is -2.41. The molecule has 0 aliphatic carbocycles. The third-order valence-corrected chi connectivity index (χ3v) is 3.12. The van der Waals surface area contributed by atoms with E-state index >= 15 is 0 Å². The van der Waals surface area contributed by atoms with E-state index in [4.69, 9.17) is 9.47 Å². The summed E-state index contributed by atoms with van der Waals surface area (Å²) in [5.41, 5.74) is -0.214. The van der Waals surface area contributed by atoms with Crippen LogP contribution in [0.25, 0.3) is 0 Å². The number of hydrogen-bond donors (Lipinski definition) is 1. The fourth-order valence-electron chi connectivity index (χ4n) is 2.19. The Morgan fingerprint density at radius 3 is 2.70 bits per heavy atom. The van der Waals surface area contributed by atoms with Crippen molar-refractivity contribution in [2.45, 2.75) is 26.4 Å². The van der Waals surface area contributed by atoms with Gasteiger partial charge in [-0.3, -0.25) is 9.69 Å². The largest absolute Gasteiger partial charge is 0.454 e. The number of aliphatic hydroxyl groups is 1. The lowest BCUT2D eigenvalue weighted by Gasteiger charge is -2.27. The van der Waals surface area contributed by atoms with Gasteiger partial charge in [0.15, 0.2) is 17.3 Å². The van der Waals surface area contributed by atoms with E-state index in [-0.39, 0.29) is 19.1 Å². The Bertz CT molecular complexity index is 493. The molecule has 5 heteroatoms. The minimum atomic E-state index is -0.814. The van der Waals surface area contributed by atoms with Gasteiger partial charge >= 0.3 is 0 Å². The summed E-state index contributed by atoms with van der Waals surface area (Å²) < 4.78 is 10.5. The zero-order valence-corrected chi connectivity index (χ0v) is 12.2. The summed E-state index contributed by atoms with van der Waals surface area (Å²) in [5.74, 6) is 1.29. The third-order valence-electron chi connectivity index (χ3n) is 3.12. The summed E-state index contributed by atoms with van der Waals surface area (Å²) in [5, 5.41) is 9.84. The van der Waals surface area contributed by atoms with Crippen molar-refractivity contribution in [2.75, 3.05) is 26.4 Å². The second kappa shape index (κ2) is 5.81. The van der Waals surface area contributed by atoms with E-state index in [1.54, 1.807) is 32.0 Å². The Morgan fingerprint density at radius 2 is 2.05 bits per heavy atom. The zero-order valence-electron chi connectivity index (χ0n) is 12.2. The van der Waals surface area contributed by atoms with Crippen LogP contribution in [0.2, 0.25) is 0 Å². The normalized spacial score (nSPS) is 13.8. The predicted molar refractivity (Wildman–Crippen MR) is 75.3 cm³/mol.